The predicted octanol–water partition coefficient (Wildman–Crippen LogP) is 3.21. The third-order valence-corrected chi connectivity index (χ3v) is 4.79. The number of ether oxygens (including phenoxy) is 2. The Labute approximate surface area is 160 Å². The minimum absolute atomic E-state index is 0.119. The van der Waals surface area contributed by atoms with E-state index >= 15 is 0 Å². The molecule has 3 aromatic rings. The number of benzene rings is 2. The summed E-state index contributed by atoms with van der Waals surface area (Å²) >= 11 is 0. The van der Waals surface area contributed by atoms with Crippen molar-refractivity contribution in [1.82, 2.24) is 9.55 Å². The molecule has 0 spiro atoms. The number of amides is 1. The van der Waals surface area contributed by atoms with Gasteiger partial charge < -0.3 is 19.9 Å². The Balaban J connectivity index is 1.85. The van der Waals surface area contributed by atoms with Gasteiger partial charge in [0.2, 0.25) is 11.7 Å². The van der Waals surface area contributed by atoms with Crippen molar-refractivity contribution in [2.24, 2.45) is 0 Å². The number of aromatic hydroxyl groups is 1. The van der Waals surface area contributed by atoms with E-state index in [2.05, 4.69) is 10.3 Å². The van der Waals surface area contributed by atoms with Crippen LogP contribution >= 0.6 is 0 Å². The lowest BCUT2D eigenvalue weighted by atomic mass is 9.89. The molecule has 0 aliphatic carbocycles. The van der Waals surface area contributed by atoms with Gasteiger partial charge in [-0.25, -0.2) is 9.37 Å². The number of methoxy groups -OCH3 is 2. The molecule has 1 atom stereocenters. The largest absolute Gasteiger partial charge is 0.502 e. The highest BCUT2D eigenvalue weighted by Gasteiger charge is 2.32. The molecule has 2 N–H and O–H groups in total. The molecule has 4 rings (SSSR count). The number of para-hydroxylation sites is 1. The normalized spacial score (nSPS) is 15.7. The lowest BCUT2D eigenvalue weighted by Crippen LogP contribution is -2.25. The highest BCUT2D eigenvalue weighted by molar-refractivity contribution is 5.94. The van der Waals surface area contributed by atoms with Crippen molar-refractivity contribution in [2.75, 3.05) is 19.5 Å². The third-order valence-electron chi connectivity index (χ3n) is 4.79. The highest BCUT2D eigenvalue weighted by Crippen LogP contribution is 2.44. The number of nitrogens with one attached hydrogen (secondary N) is 1. The van der Waals surface area contributed by atoms with Gasteiger partial charge >= 0.3 is 0 Å². The van der Waals surface area contributed by atoms with E-state index in [1.165, 1.54) is 31.2 Å². The zero-order valence-corrected chi connectivity index (χ0v) is 15.3. The number of carbonyl (C=O) groups excluding carboxylic acids is 1. The number of phenolic OH excluding ortho intramolecular Hbond substituents is 1. The highest BCUT2D eigenvalue weighted by atomic mass is 19.1. The van der Waals surface area contributed by atoms with Gasteiger partial charge in [0.15, 0.2) is 11.5 Å². The maximum absolute atomic E-state index is 14.3. The average Bonchev–Trinajstić information content (AvgIpc) is 3.11. The Morgan fingerprint density at radius 1 is 1.21 bits per heavy atom. The Bertz CT molecular complexity index is 1040. The Morgan fingerprint density at radius 3 is 2.54 bits per heavy atom. The van der Waals surface area contributed by atoms with E-state index in [4.69, 9.17) is 9.47 Å². The summed E-state index contributed by atoms with van der Waals surface area (Å²) in [5, 5.41) is 12.9. The number of aromatic nitrogens is 2. The van der Waals surface area contributed by atoms with Crippen LogP contribution < -0.4 is 14.8 Å². The molecule has 144 valence electrons. The summed E-state index contributed by atoms with van der Waals surface area (Å²) in [5.41, 5.74) is 1.58. The van der Waals surface area contributed by atoms with Crippen LogP contribution in [0.5, 0.6) is 17.2 Å². The maximum atomic E-state index is 14.3. The van der Waals surface area contributed by atoms with E-state index in [1.54, 1.807) is 30.3 Å². The van der Waals surface area contributed by atoms with Crippen molar-refractivity contribution >= 4 is 11.7 Å². The molecule has 2 aromatic carbocycles. The standard InChI is InChI=1S/C20H18FN3O4/c1-27-15-7-11(8-16(28-2)19(15)26)12-9-17(25)23-20-18(12)22-10-24(20)14-6-4-3-5-13(14)21/h3-8,10,12,26H,9H2,1-2H3,(H,23,25)/t12-/m0/s1. The molecule has 0 radical (unpaired) electrons. The van der Waals surface area contributed by atoms with Gasteiger partial charge in [-0.3, -0.25) is 9.36 Å². The monoisotopic (exact) mass is 383 g/mol. The first kappa shape index (κ1) is 17.8. The number of hydrogen-bond donors (Lipinski definition) is 2. The number of anilines is 1. The average molecular weight is 383 g/mol. The topological polar surface area (TPSA) is 85.6 Å². The van der Waals surface area contributed by atoms with Crippen molar-refractivity contribution < 1.29 is 23.8 Å². The first-order valence-corrected chi connectivity index (χ1v) is 8.60. The number of carbonyl (C=O) groups is 1. The molecule has 1 amide bonds. The number of hydrogen-bond acceptors (Lipinski definition) is 5. The summed E-state index contributed by atoms with van der Waals surface area (Å²) in [7, 11) is 2.87. The van der Waals surface area contributed by atoms with Crippen molar-refractivity contribution in [3.8, 4) is 22.9 Å². The smallest absolute Gasteiger partial charge is 0.226 e. The van der Waals surface area contributed by atoms with Gasteiger partial charge in [-0.2, -0.15) is 0 Å². The fourth-order valence-electron chi connectivity index (χ4n) is 3.43. The van der Waals surface area contributed by atoms with Crippen LogP contribution in [0.2, 0.25) is 0 Å². The molecule has 1 aliphatic heterocycles. The van der Waals surface area contributed by atoms with E-state index in [1.807, 2.05) is 0 Å². The second kappa shape index (κ2) is 6.88. The quantitative estimate of drug-likeness (QED) is 0.723. The van der Waals surface area contributed by atoms with Gasteiger partial charge in [0.25, 0.3) is 0 Å². The molecule has 2 heterocycles. The second-order valence-electron chi connectivity index (χ2n) is 6.38. The zero-order chi connectivity index (χ0) is 19.8. The molecule has 0 saturated carbocycles. The number of rotatable bonds is 4. The number of phenols is 1. The van der Waals surface area contributed by atoms with Crippen LogP contribution in [0.1, 0.15) is 23.6 Å². The minimum atomic E-state index is -0.424. The third kappa shape index (κ3) is 2.83. The van der Waals surface area contributed by atoms with Gasteiger partial charge in [-0.1, -0.05) is 12.1 Å². The summed E-state index contributed by atoms with van der Waals surface area (Å²) in [6.07, 6.45) is 1.63. The minimum Gasteiger partial charge on any atom is -0.502 e. The molecule has 1 aliphatic rings. The van der Waals surface area contributed by atoms with Crippen LogP contribution in [0, 0.1) is 5.82 Å². The lowest BCUT2D eigenvalue weighted by molar-refractivity contribution is -0.116. The van der Waals surface area contributed by atoms with Crippen molar-refractivity contribution in [1.29, 1.82) is 0 Å². The van der Waals surface area contributed by atoms with Gasteiger partial charge in [-0.15, -0.1) is 0 Å². The molecule has 0 unspecified atom stereocenters. The maximum Gasteiger partial charge on any atom is 0.226 e. The molecule has 1 aromatic heterocycles. The first-order valence-electron chi connectivity index (χ1n) is 8.60. The zero-order valence-electron chi connectivity index (χ0n) is 15.3. The fraction of sp³-hybridized carbons (Fsp3) is 0.200. The Kier molecular flexibility index (Phi) is 4.38. The lowest BCUT2D eigenvalue weighted by Gasteiger charge is -2.24. The van der Waals surface area contributed by atoms with E-state index in [-0.39, 0.29) is 35.3 Å². The molecular weight excluding hydrogens is 365 g/mol. The number of fused-ring (bicyclic) bond motifs is 1. The molecule has 8 heteroatoms. The number of nitrogens with zero attached hydrogens (tertiary/aromatic N) is 2. The van der Waals surface area contributed by atoms with Crippen molar-refractivity contribution in [3.63, 3.8) is 0 Å². The Morgan fingerprint density at radius 2 is 1.89 bits per heavy atom. The van der Waals surface area contributed by atoms with Crippen molar-refractivity contribution in [3.05, 3.63) is 59.8 Å². The second-order valence-corrected chi connectivity index (χ2v) is 6.38. The number of halogens is 1. The number of imidazole rings is 1. The first-order chi connectivity index (χ1) is 13.5. The van der Waals surface area contributed by atoms with Crippen molar-refractivity contribution in [2.45, 2.75) is 12.3 Å². The van der Waals surface area contributed by atoms with Gasteiger partial charge in [0, 0.05) is 12.3 Å². The van der Waals surface area contributed by atoms with Gasteiger partial charge in [0.1, 0.15) is 18.0 Å². The van der Waals surface area contributed by atoms with E-state index in [0.29, 0.717) is 17.1 Å². The molecule has 0 bridgehead atoms. The summed E-state index contributed by atoms with van der Waals surface area (Å²) in [6, 6.07) is 9.56. The van der Waals surface area contributed by atoms with E-state index < -0.39 is 11.7 Å². The van der Waals surface area contributed by atoms with Crippen LogP contribution in [-0.2, 0) is 4.79 Å². The predicted molar refractivity (Wildman–Crippen MR) is 99.8 cm³/mol. The van der Waals surface area contributed by atoms with E-state index in [0.717, 1.165) is 0 Å². The SMILES string of the molecule is COc1cc([C@@H]2CC(=O)Nc3c2ncn3-c2ccccc2F)cc(OC)c1O. The molecule has 7 nitrogen and oxygen atoms in total. The van der Waals surface area contributed by atoms with Gasteiger partial charge in [0.05, 0.1) is 25.6 Å². The van der Waals surface area contributed by atoms with Crippen LogP contribution in [0.25, 0.3) is 5.69 Å². The molecule has 28 heavy (non-hydrogen) atoms. The van der Waals surface area contributed by atoms with Crippen LogP contribution in [0.15, 0.2) is 42.7 Å². The molecule has 0 fully saturated rings. The van der Waals surface area contributed by atoms with Crippen LogP contribution in [-0.4, -0.2) is 34.8 Å². The van der Waals surface area contributed by atoms with Crippen LogP contribution in [0.4, 0.5) is 10.2 Å². The molecular formula is C20H18FN3O4. The Hall–Kier alpha value is -3.55. The van der Waals surface area contributed by atoms with E-state index in [9.17, 15) is 14.3 Å². The van der Waals surface area contributed by atoms with Crippen LogP contribution in [0.3, 0.4) is 0 Å². The molecule has 0 saturated heterocycles. The fourth-order valence-corrected chi connectivity index (χ4v) is 3.43. The summed E-state index contributed by atoms with van der Waals surface area (Å²) < 4.78 is 26.2. The van der Waals surface area contributed by atoms with Gasteiger partial charge in [-0.05, 0) is 29.8 Å². The summed E-state index contributed by atoms with van der Waals surface area (Å²) in [5.74, 6) is -0.289. The summed E-state index contributed by atoms with van der Waals surface area (Å²) in [6.45, 7) is 0. The summed E-state index contributed by atoms with van der Waals surface area (Å²) in [4.78, 5) is 16.8.